The van der Waals surface area contributed by atoms with Crippen LogP contribution in [0.5, 0.6) is 0 Å². The van der Waals surface area contributed by atoms with Crippen LogP contribution in [-0.4, -0.2) is 26.4 Å². The van der Waals surface area contributed by atoms with E-state index in [1.165, 1.54) is 12.8 Å². The Labute approximate surface area is 82.6 Å². The third-order valence-corrected chi connectivity index (χ3v) is 1.69. The van der Waals surface area contributed by atoms with Crippen LogP contribution in [0.1, 0.15) is 39.5 Å². The Balaban J connectivity index is 2.76. The summed E-state index contributed by atoms with van der Waals surface area (Å²) in [7, 11) is 0. The van der Waals surface area contributed by atoms with Gasteiger partial charge in [0.25, 0.3) is 0 Å². The predicted molar refractivity (Wildman–Crippen MR) is 55.8 cm³/mol. The molecule has 0 aromatic carbocycles. The lowest BCUT2D eigenvalue weighted by Gasteiger charge is -2.03. The molecule has 0 aromatic heterocycles. The summed E-state index contributed by atoms with van der Waals surface area (Å²) in [5, 5.41) is 0. The van der Waals surface area contributed by atoms with Crippen LogP contribution in [0, 0.1) is 6.42 Å². The Morgan fingerprint density at radius 1 is 0.923 bits per heavy atom. The third kappa shape index (κ3) is 11.9. The van der Waals surface area contributed by atoms with Crippen molar-refractivity contribution in [1.82, 2.24) is 0 Å². The van der Waals surface area contributed by atoms with Crippen LogP contribution < -0.4 is 0 Å². The first kappa shape index (κ1) is 12.9. The van der Waals surface area contributed by atoms with E-state index in [1.54, 1.807) is 0 Å². The molecule has 1 radical (unpaired) electrons. The first-order chi connectivity index (χ1) is 6.41. The molecule has 0 amide bonds. The minimum Gasteiger partial charge on any atom is -0.381 e. The van der Waals surface area contributed by atoms with Gasteiger partial charge < -0.3 is 9.47 Å². The van der Waals surface area contributed by atoms with Gasteiger partial charge in [-0.05, 0) is 25.7 Å². The van der Waals surface area contributed by atoms with Gasteiger partial charge in [-0.1, -0.05) is 20.3 Å². The van der Waals surface area contributed by atoms with Crippen molar-refractivity contribution in [3.63, 3.8) is 0 Å². The Hall–Kier alpha value is -0.0800. The van der Waals surface area contributed by atoms with Gasteiger partial charge in [0, 0.05) is 26.4 Å². The molecule has 79 valence electrons. The molecule has 0 saturated heterocycles. The number of hydrogen-bond acceptors (Lipinski definition) is 2. The predicted octanol–water partition coefficient (Wildman–Crippen LogP) is 2.82. The van der Waals surface area contributed by atoms with Crippen LogP contribution >= 0.6 is 0 Å². The molecular formula is C11H23O2. The molecule has 2 heteroatoms. The minimum absolute atomic E-state index is 0.773. The van der Waals surface area contributed by atoms with Gasteiger partial charge in [-0.25, -0.2) is 0 Å². The molecule has 0 heterocycles. The number of hydrogen-bond donors (Lipinski definition) is 0. The Kier molecular flexibility index (Phi) is 11.8. The fourth-order valence-electron chi connectivity index (χ4n) is 0.909. The van der Waals surface area contributed by atoms with Gasteiger partial charge in [-0.2, -0.15) is 0 Å². The smallest absolute Gasteiger partial charge is 0.0498 e. The van der Waals surface area contributed by atoms with Gasteiger partial charge in [0.05, 0.1) is 0 Å². The summed E-state index contributed by atoms with van der Waals surface area (Å²) in [4.78, 5) is 0. The van der Waals surface area contributed by atoms with Crippen molar-refractivity contribution in [3.8, 4) is 0 Å². The summed E-state index contributed by atoms with van der Waals surface area (Å²) in [6, 6.07) is 0. The third-order valence-electron chi connectivity index (χ3n) is 1.69. The van der Waals surface area contributed by atoms with Crippen LogP contribution in [0.3, 0.4) is 0 Å². The quantitative estimate of drug-likeness (QED) is 0.490. The zero-order chi connectivity index (χ0) is 9.78. The largest absolute Gasteiger partial charge is 0.381 e. The van der Waals surface area contributed by atoms with Crippen molar-refractivity contribution in [2.24, 2.45) is 0 Å². The second kappa shape index (κ2) is 11.9. The van der Waals surface area contributed by atoms with Crippen LogP contribution in [0.4, 0.5) is 0 Å². The summed E-state index contributed by atoms with van der Waals surface area (Å²) < 4.78 is 10.7. The van der Waals surface area contributed by atoms with E-state index in [1.807, 2.05) is 0 Å². The van der Waals surface area contributed by atoms with Crippen molar-refractivity contribution in [1.29, 1.82) is 0 Å². The standard InChI is InChI=1S/C11H23O2/c1-3-5-9-13-11-7-6-10-12-8-4-2/h7H,3-6,8-11H2,1-2H3. The molecule has 0 aliphatic carbocycles. The Bertz CT molecular complexity index is 74.2. The lowest BCUT2D eigenvalue weighted by atomic mass is 10.3. The van der Waals surface area contributed by atoms with E-state index in [-0.39, 0.29) is 0 Å². The van der Waals surface area contributed by atoms with Crippen LogP contribution in [0.2, 0.25) is 0 Å². The highest BCUT2D eigenvalue weighted by Gasteiger charge is 1.90. The maximum atomic E-state index is 5.37. The van der Waals surface area contributed by atoms with Crippen molar-refractivity contribution in [2.45, 2.75) is 39.5 Å². The second-order valence-electron chi connectivity index (χ2n) is 3.12. The molecule has 0 aliphatic rings. The fourth-order valence-corrected chi connectivity index (χ4v) is 0.909. The summed E-state index contributed by atoms with van der Waals surface area (Å²) in [6.07, 6.45) is 6.63. The van der Waals surface area contributed by atoms with Crippen molar-refractivity contribution < 1.29 is 9.47 Å². The molecule has 0 N–H and O–H groups in total. The molecule has 0 rings (SSSR count). The van der Waals surface area contributed by atoms with Gasteiger partial charge >= 0.3 is 0 Å². The topological polar surface area (TPSA) is 18.5 Å². The SMILES string of the molecule is CCCCOC[CH]CCOCCC. The van der Waals surface area contributed by atoms with E-state index < -0.39 is 0 Å². The lowest BCUT2D eigenvalue weighted by molar-refractivity contribution is 0.122. The average molecular weight is 187 g/mol. The molecule has 0 bridgehead atoms. The van der Waals surface area contributed by atoms with Gasteiger partial charge in [0.15, 0.2) is 0 Å². The average Bonchev–Trinajstić information content (AvgIpc) is 2.16. The van der Waals surface area contributed by atoms with E-state index in [9.17, 15) is 0 Å². The fraction of sp³-hybridized carbons (Fsp3) is 0.909. The van der Waals surface area contributed by atoms with Gasteiger partial charge in [-0.15, -0.1) is 0 Å². The number of ether oxygens (including phenoxy) is 2. The normalized spacial score (nSPS) is 10.6. The highest BCUT2D eigenvalue weighted by Crippen LogP contribution is 1.93. The van der Waals surface area contributed by atoms with Gasteiger partial charge in [0.2, 0.25) is 0 Å². The Morgan fingerprint density at radius 3 is 2.46 bits per heavy atom. The summed E-state index contributed by atoms with van der Waals surface area (Å²) >= 11 is 0. The molecule has 13 heavy (non-hydrogen) atoms. The molecule has 0 spiro atoms. The molecule has 0 atom stereocenters. The van der Waals surface area contributed by atoms with Crippen molar-refractivity contribution in [3.05, 3.63) is 6.42 Å². The van der Waals surface area contributed by atoms with E-state index in [4.69, 9.17) is 9.47 Å². The minimum atomic E-state index is 0.773. The Morgan fingerprint density at radius 2 is 1.77 bits per heavy atom. The van der Waals surface area contributed by atoms with Crippen LogP contribution in [0.15, 0.2) is 0 Å². The monoisotopic (exact) mass is 187 g/mol. The molecule has 0 unspecified atom stereocenters. The number of unbranched alkanes of at least 4 members (excludes halogenated alkanes) is 2. The first-order valence-corrected chi connectivity index (χ1v) is 5.39. The maximum absolute atomic E-state index is 5.37. The van der Waals surface area contributed by atoms with E-state index in [0.717, 1.165) is 39.3 Å². The highest BCUT2D eigenvalue weighted by atomic mass is 16.5. The van der Waals surface area contributed by atoms with E-state index in [2.05, 4.69) is 20.3 Å². The summed E-state index contributed by atoms with van der Waals surface area (Å²) in [5.41, 5.74) is 0. The first-order valence-electron chi connectivity index (χ1n) is 5.39. The summed E-state index contributed by atoms with van der Waals surface area (Å²) in [6.45, 7) is 7.68. The van der Waals surface area contributed by atoms with Gasteiger partial charge in [0.1, 0.15) is 0 Å². The molecule has 2 nitrogen and oxygen atoms in total. The molecule has 0 aromatic rings. The molecular weight excluding hydrogens is 164 g/mol. The van der Waals surface area contributed by atoms with Crippen molar-refractivity contribution in [2.75, 3.05) is 26.4 Å². The molecule has 0 aliphatic heterocycles. The number of rotatable bonds is 10. The maximum Gasteiger partial charge on any atom is 0.0498 e. The second-order valence-corrected chi connectivity index (χ2v) is 3.12. The van der Waals surface area contributed by atoms with Crippen molar-refractivity contribution >= 4 is 0 Å². The molecule has 0 saturated carbocycles. The zero-order valence-electron chi connectivity index (χ0n) is 9.05. The van der Waals surface area contributed by atoms with E-state index in [0.29, 0.717) is 0 Å². The van der Waals surface area contributed by atoms with Crippen LogP contribution in [-0.2, 0) is 9.47 Å². The van der Waals surface area contributed by atoms with Gasteiger partial charge in [-0.3, -0.25) is 0 Å². The van der Waals surface area contributed by atoms with Crippen LogP contribution in [0.25, 0.3) is 0 Å². The van der Waals surface area contributed by atoms with E-state index >= 15 is 0 Å². The molecule has 0 fully saturated rings. The summed E-state index contributed by atoms with van der Waals surface area (Å²) in [5.74, 6) is 0. The zero-order valence-corrected chi connectivity index (χ0v) is 9.05. The lowest BCUT2D eigenvalue weighted by Crippen LogP contribution is -2.01. The highest BCUT2D eigenvalue weighted by molar-refractivity contribution is 4.62.